The predicted octanol–water partition coefficient (Wildman–Crippen LogP) is 1.49. The molecular formula is C16H17N5O4. The predicted molar refractivity (Wildman–Crippen MR) is 89.5 cm³/mol. The van der Waals surface area contributed by atoms with Gasteiger partial charge >= 0.3 is 5.69 Å². The monoisotopic (exact) mass is 343 g/mol. The second kappa shape index (κ2) is 7.12. The van der Waals surface area contributed by atoms with Gasteiger partial charge in [-0.1, -0.05) is 0 Å². The van der Waals surface area contributed by atoms with Crippen LogP contribution in [0.1, 0.15) is 23.2 Å². The molecule has 130 valence electrons. The van der Waals surface area contributed by atoms with Crippen LogP contribution in [0.25, 0.3) is 0 Å². The van der Waals surface area contributed by atoms with Gasteiger partial charge in [-0.2, -0.15) is 5.10 Å². The number of phenolic OH excluding ortho intramolecular Hbond substituents is 1. The second-order valence-electron chi connectivity index (χ2n) is 5.80. The van der Waals surface area contributed by atoms with Crippen LogP contribution in [0.2, 0.25) is 0 Å². The highest BCUT2D eigenvalue weighted by atomic mass is 16.6. The molecule has 0 radical (unpaired) electrons. The molecule has 2 N–H and O–H groups in total. The Morgan fingerprint density at radius 1 is 1.40 bits per heavy atom. The number of hydrogen-bond donors (Lipinski definition) is 2. The van der Waals surface area contributed by atoms with Crippen molar-refractivity contribution in [3.8, 4) is 5.75 Å². The van der Waals surface area contributed by atoms with Crippen LogP contribution >= 0.6 is 0 Å². The number of piperidine rings is 1. The summed E-state index contributed by atoms with van der Waals surface area (Å²) in [7, 11) is 0. The van der Waals surface area contributed by atoms with E-state index >= 15 is 0 Å². The Hall–Kier alpha value is -3.23. The SMILES string of the molecule is O=C(NC1CCCN(c2cccnn2)C1)c1ccc(O)c([N+](=O)[O-])c1. The Balaban J connectivity index is 1.68. The van der Waals surface area contributed by atoms with Gasteiger partial charge in [0.2, 0.25) is 0 Å². The second-order valence-corrected chi connectivity index (χ2v) is 5.80. The molecule has 1 unspecified atom stereocenters. The summed E-state index contributed by atoms with van der Waals surface area (Å²) in [5, 5.41) is 31.2. The minimum atomic E-state index is -0.720. The van der Waals surface area contributed by atoms with E-state index in [-0.39, 0.29) is 11.6 Å². The van der Waals surface area contributed by atoms with Crippen molar-refractivity contribution in [2.45, 2.75) is 18.9 Å². The van der Waals surface area contributed by atoms with Gasteiger partial charge in [0.05, 0.1) is 4.92 Å². The molecule has 2 heterocycles. The Labute approximate surface area is 143 Å². The van der Waals surface area contributed by atoms with Gasteiger partial charge < -0.3 is 15.3 Å². The number of phenols is 1. The van der Waals surface area contributed by atoms with Gasteiger partial charge in [0.25, 0.3) is 5.91 Å². The van der Waals surface area contributed by atoms with Crippen molar-refractivity contribution in [3.05, 3.63) is 52.2 Å². The van der Waals surface area contributed by atoms with Crippen molar-refractivity contribution >= 4 is 17.4 Å². The minimum absolute atomic E-state index is 0.101. The number of amides is 1. The van der Waals surface area contributed by atoms with Crippen molar-refractivity contribution < 1.29 is 14.8 Å². The third-order valence-corrected chi connectivity index (χ3v) is 4.07. The van der Waals surface area contributed by atoms with Crippen LogP contribution in [0.5, 0.6) is 5.75 Å². The largest absolute Gasteiger partial charge is 0.502 e. The zero-order valence-electron chi connectivity index (χ0n) is 13.3. The van der Waals surface area contributed by atoms with Gasteiger partial charge in [-0.25, -0.2) is 0 Å². The van der Waals surface area contributed by atoms with E-state index < -0.39 is 22.3 Å². The lowest BCUT2D eigenvalue weighted by atomic mass is 10.0. The van der Waals surface area contributed by atoms with Crippen LogP contribution in [-0.4, -0.2) is 45.3 Å². The average molecular weight is 343 g/mol. The summed E-state index contributed by atoms with van der Waals surface area (Å²) < 4.78 is 0. The van der Waals surface area contributed by atoms with Crippen LogP contribution in [-0.2, 0) is 0 Å². The molecule has 0 aliphatic carbocycles. The Bertz CT molecular complexity index is 783. The Kier molecular flexibility index (Phi) is 4.73. The van der Waals surface area contributed by atoms with Crippen molar-refractivity contribution in [2.24, 2.45) is 0 Å². The fourth-order valence-corrected chi connectivity index (χ4v) is 2.84. The Morgan fingerprint density at radius 2 is 2.24 bits per heavy atom. The van der Waals surface area contributed by atoms with E-state index in [1.54, 1.807) is 12.3 Å². The molecule has 9 heteroatoms. The lowest BCUT2D eigenvalue weighted by molar-refractivity contribution is -0.385. The lowest BCUT2D eigenvalue weighted by Gasteiger charge is -2.33. The van der Waals surface area contributed by atoms with E-state index in [2.05, 4.69) is 15.5 Å². The van der Waals surface area contributed by atoms with Gasteiger partial charge in [0.1, 0.15) is 0 Å². The molecule has 0 bridgehead atoms. The summed E-state index contributed by atoms with van der Waals surface area (Å²) in [6, 6.07) is 7.16. The zero-order chi connectivity index (χ0) is 17.8. The number of nitrogens with one attached hydrogen (secondary N) is 1. The highest BCUT2D eigenvalue weighted by Gasteiger charge is 2.24. The maximum absolute atomic E-state index is 12.4. The number of aromatic hydroxyl groups is 1. The number of aromatic nitrogens is 2. The molecule has 1 amide bonds. The highest BCUT2D eigenvalue weighted by molar-refractivity contribution is 5.95. The quantitative estimate of drug-likeness (QED) is 0.637. The van der Waals surface area contributed by atoms with E-state index in [0.29, 0.717) is 6.54 Å². The number of benzene rings is 1. The summed E-state index contributed by atoms with van der Waals surface area (Å²) in [4.78, 5) is 24.6. The first-order valence-electron chi connectivity index (χ1n) is 7.85. The zero-order valence-corrected chi connectivity index (χ0v) is 13.3. The van der Waals surface area contributed by atoms with Gasteiger partial charge in [-0.3, -0.25) is 14.9 Å². The van der Waals surface area contributed by atoms with Crippen molar-refractivity contribution in [3.63, 3.8) is 0 Å². The number of hydrogen-bond acceptors (Lipinski definition) is 7. The molecule has 25 heavy (non-hydrogen) atoms. The fourth-order valence-electron chi connectivity index (χ4n) is 2.84. The van der Waals surface area contributed by atoms with Crippen LogP contribution in [0.3, 0.4) is 0 Å². The van der Waals surface area contributed by atoms with Crippen LogP contribution in [0.4, 0.5) is 11.5 Å². The van der Waals surface area contributed by atoms with Crippen molar-refractivity contribution in [1.29, 1.82) is 0 Å². The van der Waals surface area contributed by atoms with Gasteiger partial charge in [0.15, 0.2) is 11.6 Å². The number of nitro groups is 1. The van der Waals surface area contributed by atoms with Crippen LogP contribution < -0.4 is 10.2 Å². The molecule has 1 aliphatic rings. The number of rotatable bonds is 4. The first-order chi connectivity index (χ1) is 12.0. The van der Waals surface area contributed by atoms with Crippen molar-refractivity contribution in [1.82, 2.24) is 15.5 Å². The maximum Gasteiger partial charge on any atom is 0.311 e. The van der Waals surface area contributed by atoms with E-state index in [0.717, 1.165) is 37.3 Å². The number of anilines is 1. The minimum Gasteiger partial charge on any atom is -0.502 e. The summed E-state index contributed by atoms with van der Waals surface area (Å²) in [6.07, 6.45) is 3.30. The van der Waals surface area contributed by atoms with Crippen LogP contribution in [0.15, 0.2) is 36.5 Å². The molecule has 1 fully saturated rings. The van der Waals surface area contributed by atoms with Crippen LogP contribution in [0, 0.1) is 10.1 Å². The molecule has 3 rings (SSSR count). The summed E-state index contributed by atoms with van der Waals surface area (Å²) >= 11 is 0. The smallest absolute Gasteiger partial charge is 0.311 e. The standard InChI is InChI=1S/C16H17N5O4/c22-14-6-5-11(9-13(14)21(24)25)16(23)18-12-3-2-8-20(10-12)15-4-1-7-17-19-15/h1,4-7,9,12,22H,2-3,8,10H2,(H,18,23). The van der Waals surface area contributed by atoms with E-state index in [4.69, 9.17) is 0 Å². The molecule has 1 saturated heterocycles. The number of carbonyl (C=O) groups excluding carboxylic acids is 1. The lowest BCUT2D eigenvalue weighted by Crippen LogP contribution is -2.48. The molecule has 1 aromatic heterocycles. The van der Waals surface area contributed by atoms with E-state index in [9.17, 15) is 20.0 Å². The number of nitro benzene ring substituents is 1. The summed E-state index contributed by atoms with van der Waals surface area (Å²) in [5.41, 5.74) is -0.349. The molecule has 1 aromatic carbocycles. The van der Waals surface area contributed by atoms with Gasteiger partial charge in [0, 0.05) is 37.0 Å². The number of carbonyl (C=O) groups is 1. The van der Waals surface area contributed by atoms with E-state index in [1.807, 2.05) is 11.0 Å². The van der Waals surface area contributed by atoms with E-state index in [1.165, 1.54) is 6.07 Å². The Morgan fingerprint density at radius 3 is 2.96 bits per heavy atom. The molecule has 1 aliphatic heterocycles. The first kappa shape index (κ1) is 16.6. The average Bonchev–Trinajstić information content (AvgIpc) is 2.62. The summed E-state index contributed by atoms with van der Waals surface area (Å²) in [6.45, 7) is 1.42. The molecule has 0 spiro atoms. The molecule has 1 atom stereocenters. The molecule has 2 aromatic rings. The van der Waals surface area contributed by atoms with Gasteiger partial charge in [-0.15, -0.1) is 5.10 Å². The molecular weight excluding hydrogens is 326 g/mol. The molecule has 0 saturated carbocycles. The van der Waals surface area contributed by atoms with Gasteiger partial charge in [-0.05, 0) is 37.1 Å². The summed E-state index contributed by atoms with van der Waals surface area (Å²) in [5.74, 6) is -0.121. The normalized spacial score (nSPS) is 17.1. The highest BCUT2D eigenvalue weighted by Crippen LogP contribution is 2.26. The third-order valence-electron chi connectivity index (χ3n) is 4.07. The fraction of sp³-hybridized carbons (Fsp3) is 0.312. The number of nitrogens with zero attached hydrogens (tertiary/aromatic N) is 4. The third kappa shape index (κ3) is 3.82. The topological polar surface area (TPSA) is 121 Å². The maximum atomic E-state index is 12.4. The first-order valence-corrected chi connectivity index (χ1v) is 7.85. The van der Waals surface area contributed by atoms with Crippen molar-refractivity contribution in [2.75, 3.05) is 18.0 Å². The molecule has 9 nitrogen and oxygen atoms in total.